The highest BCUT2D eigenvalue weighted by atomic mass is 16.2. The van der Waals surface area contributed by atoms with Crippen LogP contribution in [0.1, 0.15) is 26.7 Å². The third kappa shape index (κ3) is 3.50. The predicted octanol–water partition coefficient (Wildman–Crippen LogP) is 1.89. The second kappa shape index (κ2) is 6.41. The molecule has 0 aromatic heterocycles. The molecule has 1 aromatic rings. The molecule has 0 spiro atoms. The Morgan fingerprint density at radius 3 is 2.75 bits per heavy atom. The lowest BCUT2D eigenvalue weighted by atomic mass is 10.2. The maximum absolute atomic E-state index is 12.0. The van der Waals surface area contributed by atoms with Crippen molar-refractivity contribution in [1.82, 2.24) is 10.6 Å². The highest BCUT2D eigenvalue weighted by Crippen LogP contribution is 2.20. The Morgan fingerprint density at radius 1 is 1.40 bits per heavy atom. The Kier molecular flexibility index (Phi) is 4.61. The van der Waals surface area contributed by atoms with Gasteiger partial charge in [-0.15, -0.1) is 0 Å². The quantitative estimate of drug-likeness (QED) is 0.881. The van der Waals surface area contributed by atoms with Crippen molar-refractivity contribution in [2.24, 2.45) is 0 Å². The first kappa shape index (κ1) is 14.4. The van der Waals surface area contributed by atoms with Gasteiger partial charge in [-0.25, -0.2) is 4.79 Å². The summed E-state index contributed by atoms with van der Waals surface area (Å²) in [7, 11) is 0. The SMILES string of the molecule is CC[C@@H](C)NC(=O)N[C@H]1CC(=O)N(c2ccccc2)C1. The van der Waals surface area contributed by atoms with E-state index in [4.69, 9.17) is 0 Å². The maximum Gasteiger partial charge on any atom is 0.315 e. The predicted molar refractivity (Wildman–Crippen MR) is 78.6 cm³/mol. The molecule has 0 unspecified atom stereocenters. The molecule has 2 atom stereocenters. The van der Waals surface area contributed by atoms with Gasteiger partial charge in [0.1, 0.15) is 0 Å². The number of hydrogen-bond donors (Lipinski definition) is 2. The van der Waals surface area contributed by atoms with E-state index in [1.807, 2.05) is 44.2 Å². The summed E-state index contributed by atoms with van der Waals surface area (Å²) in [5.41, 5.74) is 0.879. The van der Waals surface area contributed by atoms with Crippen LogP contribution >= 0.6 is 0 Å². The minimum absolute atomic E-state index is 0.0463. The average Bonchev–Trinajstić information content (AvgIpc) is 2.80. The van der Waals surface area contributed by atoms with E-state index in [2.05, 4.69) is 10.6 Å². The molecule has 108 valence electrons. The maximum atomic E-state index is 12.0. The lowest BCUT2D eigenvalue weighted by Gasteiger charge is -2.18. The molecule has 0 bridgehead atoms. The molecule has 1 aromatic carbocycles. The van der Waals surface area contributed by atoms with Crippen molar-refractivity contribution in [3.63, 3.8) is 0 Å². The molecule has 0 aliphatic carbocycles. The van der Waals surface area contributed by atoms with Crippen LogP contribution in [-0.4, -0.2) is 30.6 Å². The minimum atomic E-state index is -0.202. The molecule has 5 nitrogen and oxygen atoms in total. The normalized spacial score (nSPS) is 19.8. The van der Waals surface area contributed by atoms with E-state index in [0.717, 1.165) is 12.1 Å². The summed E-state index contributed by atoms with van der Waals surface area (Å²) >= 11 is 0. The molecule has 1 aliphatic heterocycles. The van der Waals surface area contributed by atoms with Crippen LogP contribution in [0, 0.1) is 0 Å². The minimum Gasteiger partial charge on any atom is -0.336 e. The second-order valence-electron chi connectivity index (χ2n) is 5.17. The Hall–Kier alpha value is -2.04. The van der Waals surface area contributed by atoms with Gasteiger partial charge in [-0.2, -0.15) is 0 Å². The first-order valence-corrected chi connectivity index (χ1v) is 7.02. The topological polar surface area (TPSA) is 61.4 Å². The van der Waals surface area contributed by atoms with Crippen molar-refractivity contribution in [1.29, 1.82) is 0 Å². The van der Waals surface area contributed by atoms with Gasteiger partial charge < -0.3 is 15.5 Å². The molecular formula is C15H21N3O2. The number of carbonyl (C=O) groups is 2. The largest absolute Gasteiger partial charge is 0.336 e. The first-order chi connectivity index (χ1) is 9.60. The highest BCUT2D eigenvalue weighted by Gasteiger charge is 2.31. The van der Waals surface area contributed by atoms with Crippen LogP contribution < -0.4 is 15.5 Å². The summed E-state index contributed by atoms with van der Waals surface area (Å²) in [6.07, 6.45) is 1.23. The lowest BCUT2D eigenvalue weighted by molar-refractivity contribution is -0.117. The van der Waals surface area contributed by atoms with E-state index in [0.29, 0.717) is 13.0 Å². The van der Waals surface area contributed by atoms with Crippen LogP contribution in [0.15, 0.2) is 30.3 Å². The number of anilines is 1. The van der Waals surface area contributed by atoms with Crippen LogP contribution in [0.25, 0.3) is 0 Å². The van der Waals surface area contributed by atoms with Crippen molar-refractivity contribution in [2.75, 3.05) is 11.4 Å². The van der Waals surface area contributed by atoms with Crippen LogP contribution in [0.3, 0.4) is 0 Å². The lowest BCUT2D eigenvalue weighted by Crippen LogP contribution is -2.46. The van der Waals surface area contributed by atoms with Crippen molar-refractivity contribution in [3.05, 3.63) is 30.3 Å². The Morgan fingerprint density at radius 2 is 2.10 bits per heavy atom. The molecule has 2 rings (SSSR count). The number of urea groups is 1. The monoisotopic (exact) mass is 275 g/mol. The zero-order chi connectivity index (χ0) is 14.5. The van der Waals surface area contributed by atoms with Crippen molar-refractivity contribution in [2.45, 2.75) is 38.8 Å². The Bertz CT molecular complexity index is 475. The molecule has 0 radical (unpaired) electrons. The number of amides is 3. The molecule has 5 heteroatoms. The summed E-state index contributed by atoms with van der Waals surface area (Å²) in [5, 5.41) is 5.71. The number of hydrogen-bond acceptors (Lipinski definition) is 2. The third-order valence-electron chi connectivity index (χ3n) is 3.52. The molecule has 20 heavy (non-hydrogen) atoms. The zero-order valence-electron chi connectivity index (χ0n) is 11.9. The molecule has 0 saturated carbocycles. The van der Waals surface area contributed by atoms with Gasteiger partial charge >= 0.3 is 6.03 Å². The van der Waals surface area contributed by atoms with E-state index in [1.165, 1.54) is 0 Å². The van der Waals surface area contributed by atoms with Crippen molar-refractivity contribution < 1.29 is 9.59 Å². The van der Waals surface area contributed by atoms with Gasteiger partial charge in [0.05, 0.1) is 6.04 Å². The molecular weight excluding hydrogens is 254 g/mol. The summed E-state index contributed by atoms with van der Waals surface area (Å²) in [6, 6.07) is 9.33. The van der Waals surface area contributed by atoms with Gasteiger partial charge in [0.2, 0.25) is 5.91 Å². The first-order valence-electron chi connectivity index (χ1n) is 7.02. The Labute approximate surface area is 119 Å². The summed E-state index contributed by atoms with van der Waals surface area (Å²) < 4.78 is 0. The van der Waals surface area contributed by atoms with Crippen molar-refractivity contribution in [3.8, 4) is 0 Å². The fourth-order valence-electron chi connectivity index (χ4n) is 2.21. The average molecular weight is 275 g/mol. The van der Waals surface area contributed by atoms with Crippen LogP contribution in [0.5, 0.6) is 0 Å². The van der Waals surface area contributed by atoms with E-state index in [1.54, 1.807) is 4.90 Å². The number of nitrogens with zero attached hydrogens (tertiary/aromatic N) is 1. The van der Waals surface area contributed by atoms with Gasteiger partial charge in [0.15, 0.2) is 0 Å². The number of nitrogens with one attached hydrogen (secondary N) is 2. The van der Waals surface area contributed by atoms with Gasteiger partial charge in [0.25, 0.3) is 0 Å². The summed E-state index contributed by atoms with van der Waals surface area (Å²) in [4.78, 5) is 25.5. The van der Waals surface area contributed by atoms with E-state index in [9.17, 15) is 9.59 Å². The second-order valence-corrected chi connectivity index (χ2v) is 5.17. The third-order valence-corrected chi connectivity index (χ3v) is 3.52. The van der Waals surface area contributed by atoms with E-state index >= 15 is 0 Å². The number of para-hydroxylation sites is 1. The number of rotatable bonds is 4. The van der Waals surface area contributed by atoms with E-state index in [-0.39, 0.29) is 24.0 Å². The van der Waals surface area contributed by atoms with Crippen LogP contribution in [0.2, 0.25) is 0 Å². The fourth-order valence-corrected chi connectivity index (χ4v) is 2.21. The molecule has 3 amide bonds. The van der Waals surface area contributed by atoms with Crippen LogP contribution in [0.4, 0.5) is 10.5 Å². The fraction of sp³-hybridized carbons (Fsp3) is 0.467. The number of benzene rings is 1. The zero-order valence-corrected chi connectivity index (χ0v) is 11.9. The number of carbonyl (C=O) groups excluding carboxylic acids is 2. The summed E-state index contributed by atoms with van der Waals surface area (Å²) in [5.74, 6) is 0.0463. The summed E-state index contributed by atoms with van der Waals surface area (Å²) in [6.45, 7) is 4.49. The molecule has 1 heterocycles. The molecule has 2 N–H and O–H groups in total. The van der Waals surface area contributed by atoms with Gasteiger partial charge in [-0.3, -0.25) is 4.79 Å². The van der Waals surface area contributed by atoms with Gasteiger partial charge in [-0.05, 0) is 25.5 Å². The standard InChI is InChI=1S/C15H21N3O2/c1-3-11(2)16-15(20)17-12-9-14(19)18(10-12)13-7-5-4-6-8-13/h4-8,11-12H,3,9-10H2,1-2H3,(H2,16,17,20)/t11-,12+/m1/s1. The van der Waals surface area contributed by atoms with Crippen LogP contribution in [-0.2, 0) is 4.79 Å². The van der Waals surface area contributed by atoms with Gasteiger partial charge in [-0.1, -0.05) is 25.1 Å². The van der Waals surface area contributed by atoms with Crippen molar-refractivity contribution >= 4 is 17.6 Å². The highest BCUT2D eigenvalue weighted by molar-refractivity contribution is 5.96. The Balaban J connectivity index is 1.91. The smallest absolute Gasteiger partial charge is 0.315 e. The molecule has 1 saturated heterocycles. The van der Waals surface area contributed by atoms with Gasteiger partial charge in [0, 0.05) is 24.7 Å². The molecule has 1 aliphatic rings. The molecule has 1 fully saturated rings. The van der Waals surface area contributed by atoms with E-state index < -0.39 is 0 Å².